The first-order valence-electron chi connectivity index (χ1n) is 4.81. The lowest BCUT2D eigenvalue weighted by atomic mass is 10.1. The summed E-state index contributed by atoms with van der Waals surface area (Å²) in [5, 5.41) is 1.77. The van der Waals surface area contributed by atoms with Gasteiger partial charge in [-0.2, -0.15) is 4.31 Å². The van der Waals surface area contributed by atoms with Crippen molar-refractivity contribution in [3.05, 3.63) is 17.5 Å². The molecule has 4 nitrogen and oxygen atoms in total. The Labute approximate surface area is 106 Å². The molecule has 16 heavy (non-hydrogen) atoms. The van der Waals surface area contributed by atoms with Gasteiger partial charge in [-0.25, -0.2) is 8.42 Å². The number of thiophene rings is 1. The monoisotopic (exact) mass is 282 g/mol. The molecule has 2 rings (SSSR count). The molecule has 1 aromatic rings. The zero-order valence-electron chi connectivity index (χ0n) is 8.87. The lowest BCUT2D eigenvalue weighted by Crippen LogP contribution is -2.31. The fraction of sp³-hybridized carbons (Fsp3) is 0.556. The Morgan fingerprint density at radius 1 is 1.50 bits per heavy atom. The topological polar surface area (TPSA) is 63.4 Å². The third kappa shape index (κ3) is 2.41. The van der Waals surface area contributed by atoms with Crippen LogP contribution in [0.3, 0.4) is 0 Å². The van der Waals surface area contributed by atoms with Gasteiger partial charge in [0.1, 0.15) is 4.21 Å². The van der Waals surface area contributed by atoms with Crippen LogP contribution in [0.15, 0.2) is 21.7 Å². The molecule has 1 saturated heterocycles. The summed E-state index contributed by atoms with van der Waals surface area (Å²) in [7, 11) is -3.29. The standard InChI is InChI=1S/C9H14N2O2S2.ClH/c1-7-5-11(6-8(7)10)15(12,13)9-3-2-4-14-9;/h2-4,7-8H,5-6,10H2,1H3;1H. The summed E-state index contributed by atoms with van der Waals surface area (Å²) >= 11 is 1.25. The predicted octanol–water partition coefficient (Wildman–Crippen LogP) is 1.14. The highest BCUT2D eigenvalue weighted by atomic mass is 35.5. The minimum absolute atomic E-state index is 0. The first kappa shape index (κ1) is 13.9. The van der Waals surface area contributed by atoms with E-state index >= 15 is 0 Å². The van der Waals surface area contributed by atoms with Gasteiger partial charge in [0.05, 0.1) is 0 Å². The summed E-state index contributed by atoms with van der Waals surface area (Å²) in [6.45, 7) is 2.94. The van der Waals surface area contributed by atoms with Crippen LogP contribution in [-0.2, 0) is 10.0 Å². The summed E-state index contributed by atoms with van der Waals surface area (Å²) in [6, 6.07) is 3.34. The summed E-state index contributed by atoms with van der Waals surface area (Å²) in [4.78, 5) is 0. The zero-order valence-corrected chi connectivity index (χ0v) is 11.3. The van der Waals surface area contributed by atoms with Gasteiger partial charge >= 0.3 is 0 Å². The largest absolute Gasteiger partial charge is 0.326 e. The maximum Gasteiger partial charge on any atom is 0.252 e. The summed E-state index contributed by atoms with van der Waals surface area (Å²) < 4.78 is 26.0. The van der Waals surface area contributed by atoms with Crippen LogP contribution in [0.1, 0.15) is 6.92 Å². The van der Waals surface area contributed by atoms with Crippen LogP contribution in [-0.4, -0.2) is 31.9 Å². The number of nitrogens with two attached hydrogens (primary N) is 1. The van der Waals surface area contributed by atoms with Crippen molar-refractivity contribution in [1.82, 2.24) is 4.31 Å². The molecule has 0 radical (unpaired) electrons. The molecule has 0 saturated carbocycles. The van der Waals surface area contributed by atoms with E-state index < -0.39 is 10.0 Å². The van der Waals surface area contributed by atoms with Gasteiger partial charge in [0, 0.05) is 19.1 Å². The van der Waals surface area contributed by atoms with Gasteiger partial charge in [-0.15, -0.1) is 23.7 Å². The molecule has 0 spiro atoms. The minimum atomic E-state index is -3.29. The second-order valence-electron chi connectivity index (χ2n) is 3.90. The molecule has 2 unspecified atom stereocenters. The van der Waals surface area contributed by atoms with Crippen LogP contribution >= 0.6 is 23.7 Å². The Morgan fingerprint density at radius 2 is 2.19 bits per heavy atom. The minimum Gasteiger partial charge on any atom is -0.326 e. The molecule has 2 heterocycles. The average molecular weight is 283 g/mol. The highest BCUT2D eigenvalue weighted by Gasteiger charge is 2.35. The Hall–Kier alpha value is -0.140. The molecule has 2 atom stereocenters. The zero-order chi connectivity index (χ0) is 11.1. The van der Waals surface area contributed by atoms with Crippen molar-refractivity contribution in [2.45, 2.75) is 17.2 Å². The highest BCUT2D eigenvalue weighted by molar-refractivity contribution is 7.91. The summed E-state index contributed by atoms with van der Waals surface area (Å²) in [6.07, 6.45) is 0. The van der Waals surface area contributed by atoms with Crippen molar-refractivity contribution in [3.8, 4) is 0 Å². The molecule has 1 fully saturated rings. The lowest BCUT2D eigenvalue weighted by Gasteiger charge is -2.14. The molecule has 0 aliphatic carbocycles. The van der Waals surface area contributed by atoms with E-state index in [1.165, 1.54) is 15.6 Å². The van der Waals surface area contributed by atoms with Gasteiger partial charge in [-0.05, 0) is 17.4 Å². The Balaban J connectivity index is 0.00000128. The van der Waals surface area contributed by atoms with E-state index in [1.807, 2.05) is 6.92 Å². The van der Waals surface area contributed by atoms with Crippen LogP contribution < -0.4 is 5.73 Å². The first-order chi connectivity index (χ1) is 7.01. The first-order valence-corrected chi connectivity index (χ1v) is 7.13. The Bertz CT molecular complexity index is 422. The van der Waals surface area contributed by atoms with Crippen molar-refractivity contribution in [2.75, 3.05) is 13.1 Å². The highest BCUT2D eigenvalue weighted by Crippen LogP contribution is 2.26. The van der Waals surface area contributed by atoms with Crippen molar-refractivity contribution < 1.29 is 8.42 Å². The maximum absolute atomic E-state index is 12.1. The second kappa shape index (κ2) is 5.01. The van der Waals surface area contributed by atoms with E-state index in [0.29, 0.717) is 17.3 Å². The van der Waals surface area contributed by atoms with Gasteiger partial charge in [0.25, 0.3) is 10.0 Å². The molecule has 1 aliphatic heterocycles. The number of rotatable bonds is 2. The van der Waals surface area contributed by atoms with Crippen LogP contribution in [0.5, 0.6) is 0 Å². The Morgan fingerprint density at radius 3 is 2.62 bits per heavy atom. The van der Waals surface area contributed by atoms with Crippen molar-refractivity contribution >= 4 is 33.8 Å². The van der Waals surface area contributed by atoms with E-state index in [4.69, 9.17) is 5.73 Å². The van der Waals surface area contributed by atoms with Gasteiger partial charge in [-0.3, -0.25) is 0 Å². The number of hydrogen-bond donors (Lipinski definition) is 1. The summed E-state index contributed by atoms with van der Waals surface area (Å²) in [5.74, 6) is 0.236. The number of sulfonamides is 1. The smallest absolute Gasteiger partial charge is 0.252 e. The molecular weight excluding hydrogens is 268 g/mol. The van der Waals surface area contributed by atoms with E-state index in [0.717, 1.165) is 0 Å². The van der Waals surface area contributed by atoms with Gasteiger partial charge < -0.3 is 5.73 Å². The molecule has 0 amide bonds. The van der Waals surface area contributed by atoms with Crippen molar-refractivity contribution in [3.63, 3.8) is 0 Å². The lowest BCUT2D eigenvalue weighted by molar-refractivity contribution is 0.466. The molecule has 2 N–H and O–H groups in total. The normalized spacial score (nSPS) is 26.6. The third-order valence-electron chi connectivity index (χ3n) is 2.73. The average Bonchev–Trinajstić information content (AvgIpc) is 2.77. The number of hydrogen-bond acceptors (Lipinski definition) is 4. The fourth-order valence-electron chi connectivity index (χ4n) is 1.68. The summed E-state index contributed by atoms with van der Waals surface area (Å²) in [5.41, 5.74) is 5.82. The van der Waals surface area contributed by atoms with E-state index in [9.17, 15) is 8.42 Å². The van der Waals surface area contributed by atoms with Crippen LogP contribution in [0, 0.1) is 5.92 Å². The van der Waals surface area contributed by atoms with Gasteiger partial charge in [0.2, 0.25) is 0 Å². The molecule has 0 bridgehead atoms. The van der Waals surface area contributed by atoms with Gasteiger partial charge in [-0.1, -0.05) is 13.0 Å². The maximum atomic E-state index is 12.1. The Kier molecular flexibility index (Phi) is 4.36. The third-order valence-corrected chi connectivity index (χ3v) is 5.93. The second-order valence-corrected chi connectivity index (χ2v) is 7.01. The van der Waals surface area contributed by atoms with Crippen LogP contribution in [0.25, 0.3) is 0 Å². The van der Waals surface area contributed by atoms with Crippen molar-refractivity contribution in [1.29, 1.82) is 0 Å². The fourth-order valence-corrected chi connectivity index (χ4v) is 4.40. The molecule has 92 valence electrons. The van der Waals surface area contributed by atoms with E-state index in [1.54, 1.807) is 17.5 Å². The SMILES string of the molecule is CC1CN(S(=O)(=O)c2cccs2)CC1N.Cl. The molecule has 1 aliphatic rings. The van der Waals surface area contributed by atoms with Crippen molar-refractivity contribution in [2.24, 2.45) is 11.7 Å². The van der Waals surface area contributed by atoms with E-state index in [2.05, 4.69) is 0 Å². The molecule has 7 heteroatoms. The predicted molar refractivity (Wildman–Crippen MR) is 67.5 cm³/mol. The van der Waals surface area contributed by atoms with Gasteiger partial charge in [0.15, 0.2) is 0 Å². The molecule has 1 aromatic heterocycles. The van der Waals surface area contributed by atoms with Crippen LogP contribution in [0.2, 0.25) is 0 Å². The quantitative estimate of drug-likeness (QED) is 0.885. The van der Waals surface area contributed by atoms with Crippen LogP contribution in [0.4, 0.5) is 0 Å². The number of halogens is 1. The number of nitrogens with zero attached hydrogens (tertiary/aromatic N) is 1. The van der Waals surface area contributed by atoms with E-state index in [-0.39, 0.29) is 24.4 Å². The molecule has 0 aromatic carbocycles. The molecular formula is C9H15ClN2O2S2.